The Morgan fingerprint density at radius 1 is 0.867 bits per heavy atom. The predicted octanol–water partition coefficient (Wildman–Crippen LogP) is 4.37. The van der Waals surface area contributed by atoms with Gasteiger partial charge in [0.25, 0.3) is 0 Å². The van der Waals surface area contributed by atoms with Crippen molar-refractivity contribution in [1.82, 2.24) is 0 Å². The third kappa shape index (κ3) is 8.59. The van der Waals surface area contributed by atoms with Crippen LogP contribution in [0.4, 0.5) is 0 Å². The van der Waals surface area contributed by atoms with Crippen molar-refractivity contribution in [2.45, 2.75) is 39.0 Å². The average Bonchev–Trinajstić information content (AvgIpc) is 2.55. The quantitative estimate of drug-likeness (QED) is 0.433. The zero-order valence-corrected chi connectivity index (χ0v) is 11.7. The third-order valence-corrected chi connectivity index (χ3v) is 2.20. The summed E-state index contributed by atoms with van der Waals surface area (Å²) in [4.78, 5) is 0. The van der Waals surface area contributed by atoms with E-state index in [9.17, 15) is 0 Å². The summed E-state index contributed by atoms with van der Waals surface area (Å²) in [6.07, 6.45) is 22.3. The zero-order valence-electron chi connectivity index (χ0n) is 9.33. The summed E-state index contributed by atoms with van der Waals surface area (Å²) in [5.74, 6) is 0. The SMILES string of the molecule is C1=CCCC=CCC1.CC1=[C-]CC=C1.[Ir]. The van der Waals surface area contributed by atoms with Crippen molar-refractivity contribution in [3.8, 4) is 0 Å². The molecule has 0 nitrogen and oxygen atoms in total. The molecule has 0 aliphatic heterocycles. The molecule has 0 heterocycles. The fourth-order valence-corrected chi connectivity index (χ4v) is 1.37. The Bertz CT molecular complexity index is 228. The summed E-state index contributed by atoms with van der Waals surface area (Å²) in [5.41, 5.74) is 1.27. The van der Waals surface area contributed by atoms with E-state index >= 15 is 0 Å². The second-order valence-corrected chi connectivity index (χ2v) is 3.56. The minimum absolute atomic E-state index is 0. The molecule has 2 aliphatic rings. The van der Waals surface area contributed by atoms with Gasteiger partial charge >= 0.3 is 0 Å². The van der Waals surface area contributed by atoms with Crippen molar-refractivity contribution in [2.75, 3.05) is 0 Å². The van der Waals surface area contributed by atoms with Gasteiger partial charge in [-0.1, -0.05) is 31.2 Å². The smallest absolute Gasteiger partial charge is 0 e. The molecule has 0 unspecified atom stereocenters. The summed E-state index contributed by atoms with van der Waals surface area (Å²) >= 11 is 0. The molecule has 0 bridgehead atoms. The van der Waals surface area contributed by atoms with Crippen LogP contribution in [0.5, 0.6) is 0 Å². The van der Waals surface area contributed by atoms with Gasteiger partial charge in [-0.15, -0.1) is 6.42 Å². The summed E-state index contributed by atoms with van der Waals surface area (Å²) < 4.78 is 0. The monoisotopic (exact) mass is 380 g/mol. The number of allylic oxidation sites excluding steroid dienone is 8. The minimum Gasteiger partial charge on any atom is -0.270 e. The van der Waals surface area contributed by atoms with Crippen LogP contribution in [0.15, 0.2) is 42.0 Å². The molecule has 85 valence electrons. The molecule has 0 aromatic rings. The van der Waals surface area contributed by atoms with Gasteiger partial charge < -0.3 is 0 Å². The largest absolute Gasteiger partial charge is 0.270 e. The minimum atomic E-state index is 0. The Labute approximate surface area is 107 Å². The van der Waals surface area contributed by atoms with E-state index in [1.54, 1.807) is 0 Å². The maximum Gasteiger partial charge on any atom is 0 e. The molecule has 2 aliphatic carbocycles. The van der Waals surface area contributed by atoms with Crippen LogP contribution >= 0.6 is 0 Å². The molecule has 15 heavy (non-hydrogen) atoms. The molecule has 0 saturated heterocycles. The maximum atomic E-state index is 3.12. The molecular weight excluding hydrogens is 360 g/mol. The van der Waals surface area contributed by atoms with Gasteiger partial charge in [-0.3, -0.25) is 6.08 Å². The van der Waals surface area contributed by atoms with Gasteiger partial charge in [-0.2, -0.15) is 6.08 Å². The van der Waals surface area contributed by atoms with E-state index in [1.165, 1.54) is 31.3 Å². The first-order valence-electron chi connectivity index (χ1n) is 5.43. The van der Waals surface area contributed by atoms with Crippen LogP contribution in [0.3, 0.4) is 0 Å². The first-order chi connectivity index (χ1) is 6.89. The van der Waals surface area contributed by atoms with Crippen LogP contribution in [-0.2, 0) is 20.1 Å². The van der Waals surface area contributed by atoms with E-state index in [4.69, 9.17) is 0 Å². The molecule has 0 fully saturated rings. The van der Waals surface area contributed by atoms with Gasteiger partial charge in [0, 0.05) is 20.1 Å². The number of hydrogen-bond acceptors (Lipinski definition) is 0. The Morgan fingerprint density at radius 2 is 1.33 bits per heavy atom. The fraction of sp³-hybridized carbons (Fsp3) is 0.429. The van der Waals surface area contributed by atoms with Crippen molar-refractivity contribution < 1.29 is 20.1 Å². The summed E-state index contributed by atoms with van der Waals surface area (Å²) in [6.45, 7) is 2.06. The van der Waals surface area contributed by atoms with Gasteiger partial charge in [0.05, 0.1) is 0 Å². The van der Waals surface area contributed by atoms with E-state index in [0.29, 0.717) is 0 Å². The van der Waals surface area contributed by atoms with Crippen LogP contribution in [0.2, 0.25) is 0 Å². The molecule has 1 heteroatoms. The Morgan fingerprint density at radius 3 is 1.53 bits per heavy atom. The van der Waals surface area contributed by atoms with Crippen molar-refractivity contribution in [3.05, 3.63) is 48.1 Å². The van der Waals surface area contributed by atoms with Crippen molar-refractivity contribution >= 4 is 0 Å². The van der Waals surface area contributed by atoms with Crippen molar-refractivity contribution in [3.63, 3.8) is 0 Å². The Kier molecular flexibility index (Phi) is 9.87. The summed E-state index contributed by atoms with van der Waals surface area (Å²) in [7, 11) is 0. The normalized spacial score (nSPS) is 18.1. The van der Waals surface area contributed by atoms with E-state index < -0.39 is 0 Å². The topological polar surface area (TPSA) is 0 Å². The third-order valence-electron chi connectivity index (χ3n) is 2.20. The molecule has 0 spiro atoms. The molecule has 0 aromatic carbocycles. The van der Waals surface area contributed by atoms with Gasteiger partial charge in [0.15, 0.2) is 0 Å². The van der Waals surface area contributed by atoms with Gasteiger partial charge in [0.2, 0.25) is 0 Å². The molecule has 0 aromatic heterocycles. The number of hydrogen-bond donors (Lipinski definition) is 0. The van der Waals surface area contributed by atoms with Gasteiger partial charge in [0.1, 0.15) is 0 Å². The predicted molar refractivity (Wildman–Crippen MR) is 62.9 cm³/mol. The van der Waals surface area contributed by atoms with Crippen molar-refractivity contribution in [2.24, 2.45) is 0 Å². The second kappa shape index (κ2) is 10.1. The first-order valence-corrected chi connectivity index (χ1v) is 5.43. The average molecular weight is 380 g/mol. The van der Waals surface area contributed by atoms with Crippen LogP contribution in [-0.4, -0.2) is 0 Å². The van der Waals surface area contributed by atoms with Crippen molar-refractivity contribution in [1.29, 1.82) is 0 Å². The number of rotatable bonds is 0. The van der Waals surface area contributed by atoms with E-state index in [2.05, 4.69) is 49.5 Å². The molecule has 0 saturated carbocycles. The summed E-state index contributed by atoms with van der Waals surface area (Å²) in [5, 5.41) is 0. The second-order valence-electron chi connectivity index (χ2n) is 3.56. The van der Waals surface area contributed by atoms with E-state index in [1.807, 2.05) is 0 Å². The van der Waals surface area contributed by atoms with Crippen LogP contribution in [0, 0.1) is 6.08 Å². The fourth-order valence-electron chi connectivity index (χ4n) is 1.37. The molecule has 2 rings (SSSR count). The molecule has 0 N–H and O–H groups in total. The summed E-state index contributed by atoms with van der Waals surface area (Å²) in [6, 6.07) is 0. The molecule has 1 radical (unpaired) electrons. The zero-order chi connectivity index (χ0) is 10.1. The van der Waals surface area contributed by atoms with Crippen LogP contribution in [0.1, 0.15) is 39.0 Å². The molecule has 0 amide bonds. The standard InChI is InChI=1S/C8H12.C6H7.Ir/c1-2-4-6-8-7-5-3-1;1-6-4-2-3-5-6;/h1-2,7-8H,3-6H2;2,4H,3H2,1H3;/q;-1;. The van der Waals surface area contributed by atoms with Gasteiger partial charge in [-0.05, 0) is 25.7 Å². The van der Waals surface area contributed by atoms with Gasteiger partial charge in [-0.25, -0.2) is 11.6 Å². The Balaban J connectivity index is 0.000000253. The van der Waals surface area contributed by atoms with Crippen LogP contribution in [0.25, 0.3) is 0 Å². The van der Waals surface area contributed by atoms with E-state index in [0.717, 1.165) is 6.42 Å². The molecular formula is C14H19Ir-. The first kappa shape index (κ1) is 14.6. The molecule has 0 atom stereocenters. The Hall–Kier alpha value is -0.391. The van der Waals surface area contributed by atoms with E-state index in [-0.39, 0.29) is 20.1 Å². The van der Waals surface area contributed by atoms with Crippen LogP contribution < -0.4 is 0 Å². The maximum absolute atomic E-state index is 3.12.